The molecular formula is C68H72BN. The van der Waals surface area contributed by atoms with Crippen molar-refractivity contribution in [3.05, 3.63) is 177 Å². The predicted octanol–water partition coefficient (Wildman–Crippen LogP) is 16.8. The summed E-state index contributed by atoms with van der Waals surface area (Å²) in [6, 6.07) is 49.1. The first-order valence-electron chi connectivity index (χ1n) is 26.9. The van der Waals surface area contributed by atoms with Crippen molar-refractivity contribution in [1.82, 2.24) is 0 Å². The van der Waals surface area contributed by atoms with Crippen LogP contribution in [0.5, 0.6) is 0 Å². The molecule has 352 valence electrons. The minimum absolute atomic E-state index is 0.000401. The molecule has 7 aromatic rings. The van der Waals surface area contributed by atoms with Gasteiger partial charge in [-0.05, 0) is 214 Å². The average molecular weight is 914 g/mol. The van der Waals surface area contributed by atoms with Crippen LogP contribution in [0.25, 0.3) is 44.5 Å². The summed E-state index contributed by atoms with van der Waals surface area (Å²) in [6.45, 7) is 32.4. The number of rotatable bonds is 3. The van der Waals surface area contributed by atoms with E-state index in [0.29, 0.717) is 0 Å². The summed E-state index contributed by atoms with van der Waals surface area (Å²) in [6.07, 6.45) is 7.16. The van der Waals surface area contributed by atoms with Crippen LogP contribution in [-0.4, -0.2) is 6.85 Å². The maximum atomic E-state index is 2.83. The van der Waals surface area contributed by atoms with E-state index < -0.39 is 0 Å². The van der Waals surface area contributed by atoms with Crippen molar-refractivity contribution < 1.29 is 0 Å². The molecule has 0 bridgehead atoms. The normalized spacial score (nSPS) is 21.4. The third-order valence-electron chi connectivity index (χ3n) is 19.6. The fraction of sp³-hybridized carbons (Fsp3) is 0.382. The van der Waals surface area contributed by atoms with Gasteiger partial charge in [-0.3, -0.25) is 0 Å². The molecule has 2 aliphatic heterocycles. The molecule has 0 saturated heterocycles. The van der Waals surface area contributed by atoms with Crippen molar-refractivity contribution >= 4 is 29.1 Å². The first-order valence-corrected chi connectivity index (χ1v) is 26.9. The first kappa shape index (κ1) is 44.4. The molecule has 0 spiro atoms. The summed E-state index contributed by atoms with van der Waals surface area (Å²) >= 11 is 0. The Balaban J connectivity index is 1.21. The zero-order valence-electron chi connectivity index (χ0n) is 44.4. The largest absolute Gasteiger partial charge is 0.376 e. The molecule has 0 aromatic heterocycles. The molecule has 6 aliphatic rings. The average Bonchev–Trinajstić information content (AvgIpc) is 3.67. The third-order valence-corrected chi connectivity index (χ3v) is 19.6. The zero-order chi connectivity index (χ0) is 48.8. The molecule has 2 heteroatoms. The van der Waals surface area contributed by atoms with E-state index in [4.69, 9.17) is 0 Å². The topological polar surface area (TPSA) is 3.24 Å². The number of fused-ring (bicyclic) bond motifs is 11. The number of hydrogen-bond donors (Lipinski definition) is 0. The fourth-order valence-corrected chi connectivity index (χ4v) is 14.8. The molecule has 1 atom stereocenters. The summed E-state index contributed by atoms with van der Waals surface area (Å²) in [7, 11) is 0. The van der Waals surface area contributed by atoms with E-state index in [0.717, 1.165) is 0 Å². The highest BCUT2D eigenvalue weighted by Crippen LogP contribution is 2.61. The summed E-state index contributed by atoms with van der Waals surface area (Å²) in [5, 5.41) is 0. The van der Waals surface area contributed by atoms with Gasteiger partial charge in [-0.2, -0.15) is 0 Å². The van der Waals surface area contributed by atoms with Crippen LogP contribution in [0, 0.1) is 6.92 Å². The Labute approximate surface area is 420 Å². The highest BCUT2D eigenvalue weighted by Gasteiger charge is 2.53. The van der Waals surface area contributed by atoms with E-state index in [9.17, 15) is 0 Å². The number of benzene rings is 7. The van der Waals surface area contributed by atoms with Crippen molar-refractivity contribution in [3.8, 4) is 44.5 Å². The van der Waals surface area contributed by atoms with Gasteiger partial charge in [0.15, 0.2) is 0 Å². The maximum Gasteiger partial charge on any atom is 0.329 e. The van der Waals surface area contributed by atoms with Crippen LogP contribution in [0.15, 0.2) is 121 Å². The van der Waals surface area contributed by atoms with Gasteiger partial charge < -0.3 is 4.81 Å². The SMILES string of the molecule is Cc1ccc(N2B3c4cc5c(cc4C4c6cc7c(cc6-c6c(-c8ccc(-c9ccccc9)cc8)cc(c3c64)-c3cc4c(cc32)C(C)(C)CCC4(C)C)C(C)(C)CCC7(C)C)C(C)(C)CCC5(C)C)cc1. The van der Waals surface area contributed by atoms with Crippen LogP contribution in [0.2, 0.25) is 0 Å². The van der Waals surface area contributed by atoms with E-state index in [-0.39, 0.29) is 45.3 Å². The van der Waals surface area contributed by atoms with E-state index in [2.05, 4.69) is 216 Å². The molecule has 0 fully saturated rings. The van der Waals surface area contributed by atoms with Gasteiger partial charge in [-0.1, -0.05) is 174 Å². The van der Waals surface area contributed by atoms with Gasteiger partial charge in [-0.15, -0.1) is 0 Å². The summed E-state index contributed by atoms with van der Waals surface area (Å²) in [4.78, 5) is 2.83. The van der Waals surface area contributed by atoms with Gasteiger partial charge in [0, 0.05) is 22.9 Å². The molecule has 1 nitrogen and oxygen atoms in total. The minimum atomic E-state index is 0.000401. The standard InChI is InChI=1S/C68H72BN/c1-40-19-25-44(26-20-40)70-58-39-56-51(63(2,3)30-32-68(56,12)13)34-46(58)49-33-45(43-23-21-42(22-24-43)41-17-15-14-16-18-41)59-47-35-52-53(65(6,7)28-27-64(52,4)5)36-48(47)60-50-37-54-55(67(10,11)31-29-66(54,8)9)38-57(50)69(70)62(49)61(59)60/h14-26,33-39,60H,27-32H2,1-13H3. The smallest absolute Gasteiger partial charge is 0.329 e. The second-order valence-corrected chi connectivity index (χ2v) is 26.9. The lowest BCUT2D eigenvalue weighted by atomic mass is 9.39. The minimum Gasteiger partial charge on any atom is -0.376 e. The summed E-state index contributed by atoms with van der Waals surface area (Å²) < 4.78 is 0. The molecule has 0 N–H and O–H groups in total. The maximum absolute atomic E-state index is 2.83. The molecule has 0 amide bonds. The number of nitrogens with zero attached hydrogens (tertiary/aromatic N) is 1. The van der Waals surface area contributed by atoms with E-state index in [1.807, 2.05) is 0 Å². The summed E-state index contributed by atoms with van der Waals surface area (Å²) in [5.41, 5.74) is 32.2. The van der Waals surface area contributed by atoms with Gasteiger partial charge in [0.1, 0.15) is 0 Å². The Morgan fingerprint density at radius 3 is 1.43 bits per heavy atom. The van der Waals surface area contributed by atoms with E-state index in [1.165, 1.54) is 133 Å². The third kappa shape index (κ3) is 6.16. The van der Waals surface area contributed by atoms with Crippen molar-refractivity contribution in [3.63, 3.8) is 0 Å². The Morgan fingerprint density at radius 2 is 0.871 bits per heavy atom. The van der Waals surface area contributed by atoms with E-state index >= 15 is 0 Å². The van der Waals surface area contributed by atoms with Crippen molar-refractivity contribution in [2.75, 3.05) is 4.81 Å². The Hall–Kier alpha value is -5.60. The van der Waals surface area contributed by atoms with Gasteiger partial charge in [0.25, 0.3) is 0 Å². The molecule has 0 saturated carbocycles. The second kappa shape index (κ2) is 14.3. The van der Waals surface area contributed by atoms with Crippen molar-refractivity contribution in [2.45, 2.75) is 167 Å². The summed E-state index contributed by atoms with van der Waals surface area (Å²) in [5.74, 6) is 0.125. The number of hydrogen-bond acceptors (Lipinski definition) is 1. The molecule has 0 radical (unpaired) electrons. The molecule has 13 rings (SSSR count). The van der Waals surface area contributed by atoms with Gasteiger partial charge in [0.05, 0.1) is 0 Å². The highest BCUT2D eigenvalue weighted by atomic mass is 15.1. The molecule has 1 unspecified atom stereocenters. The predicted molar refractivity (Wildman–Crippen MR) is 300 cm³/mol. The fourth-order valence-electron chi connectivity index (χ4n) is 14.8. The van der Waals surface area contributed by atoms with Crippen LogP contribution in [0.4, 0.5) is 11.4 Å². The lowest BCUT2D eigenvalue weighted by Crippen LogP contribution is -2.62. The Kier molecular flexibility index (Phi) is 9.06. The van der Waals surface area contributed by atoms with Gasteiger partial charge >= 0.3 is 6.85 Å². The van der Waals surface area contributed by atoms with Crippen LogP contribution >= 0.6 is 0 Å². The number of aryl methyl sites for hydroxylation is 1. The van der Waals surface area contributed by atoms with Crippen LogP contribution in [0.3, 0.4) is 0 Å². The molecule has 2 heterocycles. The van der Waals surface area contributed by atoms with Crippen LogP contribution in [-0.2, 0) is 32.5 Å². The second-order valence-electron chi connectivity index (χ2n) is 26.9. The lowest BCUT2D eigenvalue weighted by molar-refractivity contribution is 0.331. The number of anilines is 2. The van der Waals surface area contributed by atoms with E-state index in [1.54, 1.807) is 27.8 Å². The van der Waals surface area contributed by atoms with Gasteiger partial charge in [0.2, 0.25) is 0 Å². The lowest BCUT2D eigenvalue weighted by Gasteiger charge is -2.49. The molecule has 70 heavy (non-hydrogen) atoms. The van der Waals surface area contributed by atoms with Crippen molar-refractivity contribution in [1.29, 1.82) is 0 Å². The Bertz CT molecular complexity index is 3370. The quantitative estimate of drug-likeness (QED) is 0.160. The first-order chi connectivity index (χ1) is 33.1. The molecule has 7 aromatic carbocycles. The van der Waals surface area contributed by atoms with Crippen molar-refractivity contribution in [2.24, 2.45) is 0 Å². The van der Waals surface area contributed by atoms with Gasteiger partial charge in [-0.25, -0.2) is 0 Å². The monoisotopic (exact) mass is 914 g/mol. The van der Waals surface area contributed by atoms with Crippen LogP contribution < -0.4 is 15.7 Å². The Morgan fingerprint density at radius 1 is 0.414 bits per heavy atom. The molecular weight excluding hydrogens is 842 g/mol. The van der Waals surface area contributed by atoms with Crippen LogP contribution in [0.1, 0.15) is 183 Å². The molecule has 4 aliphatic carbocycles. The highest BCUT2D eigenvalue weighted by molar-refractivity contribution is 6.92. The zero-order valence-corrected chi connectivity index (χ0v) is 44.4.